The fraction of sp³-hybridized carbons (Fsp3) is 1.00. The minimum atomic E-state index is -2.28. The van der Waals surface area contributed by atoms with Gasteiger partial charge in [-0.25, -0.2) is 0 Å². The van der Waals surface area contributed by atoms with E-state index in [4.69, 9.17) is 14.3 Å². The van der Waals surface area contributed by atoms with Crippen LogP contribution in [-0.4, -0.2) is 21.9 Å². The minimum Gasteiger partial charge on any atom is -0.386 e. The molecule has 4 heteroatoms. The molecule has 0 aliphatic carbocycles. The van der Waals surface area contributed by atoms with Gasteiger partial charge >= 0.3 is 8.72 Å². The highest BCUT2D eigenvalue weighted by atomic mass is 28.4. The molecule has 68 valence electrons. The van der Waals surface area contributed by atoms with Crippen molar-refractivity contribution < 1.29 is 8.85 Å². The lowest BCUT2D eigenvalue weighted by atomic mass is 10.2. The summed E-state index contributed by atoms with van der Waals surface area (Å²) in [5.41, 5.74) is 0. The van der Waals surface area contributed by atoms with E-state index >= 15 is 0 Å². The maximum absolute atomic E-state index is 5.76. The van der Waals surface area contributed by atoms with Crippen LogP contribution in [0.4, 0.5) is 0 Å². The Morgan fingerprint density at radius 2 is 1.82 bits per heavy atom. The molecule has 2 N–H and O–H groups in total. The molecule has 0 aliphatic rings. The number of rotatable bonds is 5. The van der Waals surface area contributed by atoms with E-state index in [0.29, 0.717) is 0 Å². The van der Waals surface area contributed by atoms with Crippen molar-refractivity contribution in [2.24, 2.45) is 5.40 Å². The normalized spacial score (nSPS) is 16.9. The number of hydrogen-bond donors (Lipinski definition) is 1. The molecule has 0 aromatic heterocycles. The van der Waals surface area contributed by atoms with Gasteiger partial charge < -0.3 is 14.3 Å². The molecule has 0 bridgehead atoms. The Bertz CT molecular complexity index is 105. The van der Waals surface area contributed by atoms with Crippen LogP contribution in [0, 0.1) is 0 Å². The fourth-order valence-electron chi connectivity index (χ4n) is 0.834. The van der Waals surface area contributed by atoms with Gasteiger partial charge in [-0.2, -0.15) is 0 Å². The van der Waals surface area contributed by atoms with Crippen LogP contribution >= 0.6 is 0 Å². The zero-order valence-electron chi connectivity index (χ0n) is 7.89. The van der Waals surface area contributed by atoms with E-state index in [0.717, 1.165) is 12.8 Å². The van der Waals surface area contributed by atoms with Crippen molar-refractivity contribution in [3.8, 4) is 0 Å². The Labute approximate surface area is 70.2 Å². The van der Waals surface area contributed by atoms with Gasteiger partial charge in [0.1, 0.15) is 0 Å². The Morgan fingerprint density at radius 3 is 2.09 bits per heavy atom. The molecule has 0 spiro atoms. The minimum absolute atomic E-state index is 0.261. The summed E-state index contributed by atoms with van der Waals surface area (Å²) in [4.78, 5) is 0. The lowest BCUT2D eigenvalue weighted by Crippen LogP contribution is -2.50. The molecule has 0 saturated heterocycles. The molecule has 3 nitrogen and oxygen atoms in total. The first kappa shape index (κ1) is 11.1. The first-order valence-corrected chi connectivity index (χ1v) is 6.47. The molecule has 0 heterocycles. The van der Waals surface area contributed by atoms with E-state index < -0.39 is 8.72 Å². The van der Waals surface area contributed by atoms with Crippen molar-refractivity contribution in [1.29, 1.82) is 0 Å². The predicted molar refractivity (Wildman–Crippen MR) is 48.3 cm³/mol. The summed E-state index contributed by atoms with van der Waals surface area (Å²) in [5, 5.41) is 5.76. The molecule has 0 saturated carbocycles. The lowest BCUT2D eigenvalue weighted by Gasteiger charge is -2.24. The summed E-state index contributed by atoms with van der Waals surface area (Å²) in [7, 11) is -0.677. The molecule has 11 heavy (non-hydrogen) atoms. The van der Waals surface area contributed by atoms with Crippen molar-refractivity contribution >= 4 is 8.72 Å². The largest absolute Gasteiger partial charge is 0.419 e. The standard InChI is InChI=1S/C7H19NO2Si/c1-5-7(6-2)10-11(4,8)9-3/h7H,5-6,8H2,1-4H3. The molecule has 0 aromatic carbocycles. The zero-order valence-corrected chi connectivity index (χ0v) is 8.89. The second kappa shape index (κ2) is 4.87. The molecular formula is C7H19NO2Si. The first-order chi connectivity index (χ1) is 5.05. The Morgan fingerprint density at radius 1 is 1.36 bits per heavy atom. The summed E-state index contributed by atoms with van der Waals surface area (Å²) in [6.45, 7) is 6.04. The third kappa shape index (κ3) is 4.52. The van der Waals surface area contributed by atoms with Crippen LogP contribution in [0.2, 0.25) is 6.55 Å². The fourth-order valence-corrected chi connectivity index (χ4v) is 1.93. The number of hydrogen-bond acceptors (Lipinski definition) is 3. The zero-order chi connectivity index (χ0) is 8.91. The average Bonchev–Trinajstić information content (AvgIpc) is 2.00. The number of nitrogens with two attached hydrogens (primary N) is 1. The van der Waals surface area contributed by atoms with Gasteiger partial charge in [0.2, 0.25) is 0 Å². The summed E-state index contributed by atoms with van der Waals surface area (Å²) in [5.74, 6) is 0. The van der Waals surface area contributed by atoms with Gasteiger partial charge in [0.05, 0.1) is 0 Å². The molecule has 0 rings (SSSR count). The predicted octanol–water partition coefficient (Wildman–Crippen LogP) is 1.37. The van der Waals surface area contributed by atoms with Crippen LogP contribution in [0.5, 0.6) is 0 Å². The Balaban J connectivity index is 3.79. The van der Waals surface area contributed by atoms with Crippen molar-refractivity contribution in [3.05, 3.63) is 0 Å². The highest BCUT2D eigenvalue weighted by Gasteiger charge is 2.27. The van der Waals surface area contributed by atoms with Crippen LogP contribution < -0.4 is 5.40 Å². The maximum atomic E-state index is 5.76. The molecule has 0 amide bonds. The SMILES string of the molecule is CCC(CC)O[Si](C)(N)OC. The van der Waals surface area contributed by atoms with Gasteiger partial charge in [0.15, 0.2) is 0 Å². The molecule has 0 aromatic rings. The van der Waals surface area contributed by atoms with E-state index in [-0.39, 0.29) is 6.10 Å². The van der Waals surface area contributed by atoms with E-state index in [1.54, 1.807) is 7.11 Å². The third-order valence-electron chi connectivity index (χ3n) is 1.72. The molecule has 1 atom stereocenters. The van der Waals surface area contributed by atoms with Crippen molar-refractivity contribution in [2.75, 3.05) is 7.11 Å². The molecule has 0 radical (unpaired) electrons. The molecule has 0 aliphatic heterocycles. The van der Waals surface area contributed by atoms with Gasteiger partial charge in [-0.1, -0.05) is 13.8 Å². The third-order valence-corrected chi connectivity index (χ3v) is 3.33. The highest BCUT2D eigenvalue weighted by molar-refractivity contribution is 6.62. The van der Waals surface area contributed by atoms with Crippen LogP contribution in [0.1, 0.15) is 26.7 Å². The van der Waals surface area contributed by atoms with E-state index in [1.807, 2.05) is 6.55 Å². The van der Waals surface area contributed by atoms with Gasteiger partial charge in [-0.05, 0) is 19.4 Å². The van der Waals surface area contributed by atoms with Crippen LogP contribution in [0.25, 0.3) is 0 Å². The smallest absolute Gasteiger partial charge is 0.386 e. The van der Waals surface area contributed by atoms with Crippen LogP contribution in [-0.2, 0) is 8.85 Å². The second-order valence-corrected chi connectivity index (χ2v) is 5.45. The summed E-state index contributed by atoms with van der Waals surface area (Å²) < 4.78 is 10.6. The van der Waals surface area contributed by atoms with Crippen molar-refractivity contribution in [3.63, 3.8) is 0 Å². The van der Waals surface area contributed by atoms with Crippen LogP contribution in [0.3, 0.4) is 0 Å². The first-order valence-electron chi connectivity index (χ1n) is 4.07. The van der Waals surface area contributed by atoms with Crippen molar-refractivity contribution in [1.82, 2.24) is 0 Å². The molecule has 0 fully saturated rings. The van der Waals surface area contributed by atoms with Gasteiger partial charge in [0.25, 0.3) is 0 Å². The quantitative estimate of drug-likeness (QED) is 0.645. The maximum Gasteiger partial charge on any atom is 0.419 e. The summed E-state index contributed by atoms with van der Waals surface area (Å²) in [6, 6.07) is 0. The van der Waals surface area contributed by atoms with Gasteiger partial charge in [0, 0.05) is 13.2 Å². The summed E-state index contributed by atoms with van der Waals surface area (Å²) >= 11 is 0. The van der Waals surface area contributed by atoms with E-state index in [1.165, 1.54) is 0 Å². The lowest BCUT2D eigenvalue weighted by molar-refractivity contribution is 0.126. The Kier molecular flexibility index (Phi) is 4.91. The van der Waals surface area contributed by atoms with Crippen LogP contribution in [0.15, 0.2) is 0 Å². The van der Waals surface area contributed by atoms with E-state index in [2.05, 4.69) is 13.8 Å². The highest BCUT2D eigenvalue weighted by Crippen LogP contribution is 2.08. The second-order valence-electron chi connectivity index (χ2n) is 2.78. The molecule has 1 unspecified atom stereocenters. The van der Waals surface area contributed by atoms with Gasteiger partial charge in [-0.3, -0.25) is 0 Å². The summed E-state index contributed by atoms with van der Waals surface area (Å²) in [6.07, 6.45) is 2.26. The van der Waals surface area contributed by atoms with Crippen molar-refractivity contribution in [2.45, 2.75) is 39.3 Å². The molecular weight excluding hydrogens is 158 g/mol. The monoisotopic (exact) mass is 177 g/mol. The average molecular weight is 177 g/mol. The van der Waals surface area contributed by atoms with Gasteiger partial charge in [-0.15, -0.1) is 0 Å². The Hall–Kier alpha value is 0.0969. The topological polar surface area (TPSA) is 44.5 Å². The van der Waals surface area contributed by atoms with E-state index in [9.17, 15) is 0 Å².